The third-order valence-electron chi connectivity index (χ3n) is 7.33. The van der Waals surface area contributed by atoms with Gasteiger partial charge in [0.1, 0.15) is 6.10 Å². The maximum absolute atomic E-state index is 15.5. The third-order valence-corrected chi connectivity index (χ3v) is 9.81. The van der Waals surface area contributed by atoms with Crippen LogP contribution < -0.4 is 5.32 Å². The molecular weight excluding hydrogens is 503 g/mol. The van der Waals surface area contributed by atoms with Gasteiger partial charge < -0.3 is 29.3 Å². The summed E-state index contributed by atoms with van der Waals surface area (Å²) in [5.41, 5.74) is 2.33. The highest BCUT2D eigenvalue weighted by Crippen LogP contribution is 2.47. The van der Waals surface area contributed by atoms with Crippen molar-refractivity contribution < 1.29 is 28.6 Å². The summed E-state index contributed by atoms with van der Waals surface area (Å²) in [6, 6.07) is 17.0. The standard InChI is InChI=1S/C29H41FN2O5Si/c1-20-25(15-12-22-10-13-24(14-11-22)31-29(36)21(2)34)37-26(28(20)38(3,4)30)18-27(35)32(16-17-33)19-23-8-6-5-7-9-23/h5-11,13-14,20-21,25-26,28,33-34H,12,15-19H2,1-4H3,(H,31,36)/t20-,21-,25+,26-,28+/m0/s1. The van der Waals surface area contributed by atoms with Crippen LogP contribution in [0.5, 0.6) is 0 Å². The van der Waals surface area contributed by atoms with E-state index in [0.29, 0.717) is 25.1 Å². The number of carbonyl (C=O) groups excluding carboxylic acids is 2. The number of aliphatic hydroxyl groups is 2. The van der Waals surface area contributed by atoms with E-state index >= 15 is 4.11 Å². The van der Waals surface area contributed by atoms with E-state index in [1.807, 2.05) is 49.4 Å². The summed E-state index contributed by atoms with van der Waals surface area (Å²) in [6.45, 7) is 7.28. The Morgan fingerprint density at radius 1 is 1.08 bits per heavy atom. The number of ether oxygens (including phenoxy) is 1. The molecule has 2 amide bonds. The summed E-state index contributed by atoms with van der Waals surface area (Å²) in [7, 11) is -3.13. The van der Waals surface area contributed by atoms with E-state index < -0.39 is 26.5 Å². The second-order valence-corrected chi connectivity index (χ2v) is 14.6. The van der Waals surface area contributed by atoms with Crippen LogP contribution in [-0.4, -0.2) is 66.8 Å². The van der Waals surface area contributed by atoms with Gasteiger partial charge in [-0.15, -0.1) is 0 Å². The summed E-state index contributed by atoms with van der Waals surface area (Å²) in [6.07, 6.45) is -0.251. The van der Waals surface area contributed by atoms with Crippen molar-refractivity contribution in [2.75, 3.05) is 18.5 Å². The topological polar surface area (TPSA) is 99.1 Å². The van der Waals surface area contributed by atoms with E-state index in [1.54, 1.807) is 30.1 Å². The van der Waals surface area contributed by atoms with Crippen molar-refractivity contribution in [3.8, 4) is 0 Å². The molecule has 0 aliphatic carbocycles. The molecule has 2 aromatic rings. The molecule has 5 atom stereocenters. The fourth-order valence-electron chi connectivity index (χ4n) is 5.40. The van der Waals surface area contributed by atoms with E-state index in [-0.39, 0.29) is 43.0 Å². The van der Waals surface area contributed by atoms with E-state index in [4.69, 9.17) is 4.74 Å². The molecule has 0 bridgehead atoms. The van der Waals surface area contributed by atoms with Crippen LogP contribution in [0.3, 0.4) is 0 Å². The lowest BCUT2D eigenvalue weighted by atomic mass is 9.95. The van der Waals surface area contributed by atoms with E-state index in [1.165, 1.54) is 6.92 Å². The van der Waals surface area contributed by atoms with Gasteiger partial charge in [0.05, 0.1) is 25.2 Å². The highest BCUT2D eigenvalue weighted by molar-refractivity contribution is 6.72. The number of nitrogens with zero attached hydrogens (tertiary/aromatic N) is 1. The molecule has 38 heavy (non-hydrogen) atoms. The van der Waals surface area contributed by atoms with Gasteiger partial charge in [0.2, 0.25) is 14.3 Å². The fraction of sp³-hybridized carbons (Fsp3) is 0.517. The second-order valence-electron chi connectivity index (χ2n) is 10.8. The molecule has 1 fully saturated rings. The van der Waals surface area contributed by atoms with Crippen LogP contribution in [0.4, 0.5) is 9.80 Å². The minimum absolute atomic E-state index is 0.0236. The zero-order valence-corrected chi connectivity index (χ0v) is 23.8. The average molecular weight is 545 g/mol. The van der Waals surface area contributed by atoms with Crippen LogP contribution in [0.1, 0.15) is 37.8 Å². The number of amides is 2. The first-order valence-electron chi connectivity index (χ1n) is 13.3. The zero-order chi connectivity index (χ0) is 27.9. The van der Waals surface area contributed by atoms with Crippen molar-refractivity contribution in [2.45, 2.75) is 76.6 Å². The molecule has 7 nitrogen and oxygen atoms in total. The Morgan fingerprint density at radius 2 is 1.74 bits per heavy atom. The molecule has 2 aromatic carbocycles. The fourth-order valence-corrected chi connectivity index (χ4v) is 7.95. The van der Waals surface area contributed by atoms with Gasteiger partial charge in [0.25, 0.3) is 5.91 Å². The molecule has 0 radical (unpaired) electrons. The summed E-state index contributed by atoms with van der Waals surface area (Å²) < 4.78 is 21.9. The van der Waals surface area contributed by atoms with E-state index in [9.17, 15) is 19.8 Å². The highest BCUT2D eigenvalue weighted by Gasteiger charge is 2.51. The number of hydrogen-bond acceptors (Lipinski definition) is 5. The third kappa shape index (κ3) is 8.20. The summed E-state index contributed by atoms with van der Waals surface area (Å²) in [5, 5.41) is 21.6. The molecule has 3 N–H and O–H groups in total. The minimum atomic E-state index is -3.13. The molecule has 1 aliphatic heterocycles. The lowest BCUT2D eigenvalue weighted by molar-refractivity contribution is -0.135. The first-order valence-corrected chi connectivity index (χ1v) is 16.3. The van der Waals surface area contributed by atoms with Gasteiger partial charge in [-0.3, -0.25) is 9.59 Å². The normalized spacial score (nSPS) is 22.2. The number of nitrogens with one attached hydrogen (secondary N) is 1. The van der Waals surface area contributed by atoms with Gasteiger partial charge in [-0.1, -0.05) is 49.4 Å². The van der Waals surface area contributed by atoms with Crippen molar-refractivity contribution >= 4 is 25.9 Å². The molecule has 1 saturated heterocycles. The Morgan fingerprint density at radius 3 is 2.32 bits per heavy atom. The number of aliphatic hydroxyl groups excluding tert-OH is 2. The Bertz CT molecular complexity index is 1050. The summed E-state index contributed by atoms with van der Waals surface area (Å²) in [4.78, 5) is 26.6. The molecule has 9 heteroatoms. The van der Waals surface area contributed by atoms with Gasteiger partial charge in [-0.05, 0) is 62.0 Å². The number of halogens is 1. The SMILES string of the molecule is C[C@@H]1[C@@H]([Si](C)(C)F)[C@H](CC(=O)N(CCO)Cc2ccccc2)O[C@@H]1CCc1ccc(NC(=O)[C@H](C)O)cc1. The monoisotopic (exact) mass is 544 g/mol. The number of anilines is 1. The first-order chi connectivity index (χ1) is 18.0. The number of benzene rings is 2. The Hall–Kier alpha value is -2.59. The van der Waals surface area contributed by atoms with Gasteiger partial charge in [0, 0.05) is 24.3 Å². The van der Waals surface area contributed by atoms with Crippen molar-refractivity contribution in [1.29, 1.82) is 0 Å². The quantitative estimate of drug-likeness (QED) is 0.273. The van der Waals surface area contributed by atoms with Crippen LogP contribution in [0.25, 0.3) is 0 Å². The highest BCUT2D eigenvalue weighted by atomic mass is 28.4. The van der Waals surface area contributed by atoms with Crippen LogP contribution in [0.15, 0.2) is 54.6 Å². The summed E-state index contributed by atoms with van der Waals surface area (Å²) >= 11 is 0. The maximum Gasteiger partial charge on any atom is 0.252 e. The van der Waals surface area contributed by atoms with Crippen LogP contribution in [-0.2, 0) is 27.3 Å². The predicted octanol–water partition coefficient (Wildman–Crippen LogP) is 4.30. The van der Waals surface area contributed by atoms with Crippen molar-refractivity contribution in [2.24, 2.45) is 5.92 Å². The Labute approximate surface area is 226 Å². The van der Waals surface area contributed by atoms with E-state index in [2.05, 4.69) is 5.32 Å². The van der Waals surface area contributed by atoms with Crippen molar-refractivity contribution in [3.63, 3.8) is 0 Å². The summed E-state index contributed by atoms with van der Waals surface area (Å²) in [5.74, 6) is -0.625. The molecule has 208 valence electrons. The first kappa shape index (κ1) is 30.0. The molecule has 0 unspecified atom stereocenters. The van der Waals surface area contributed by atoms with E-state index in [0.717, 1.165) is 11.1 Å². The van der Waals surface area contributed by atoms with Crippen LogP contribution >= 0.6 is 0 Å². The van der Waals surface area contributed by atoms with Crippen molar-refractivity contribution in [3.05, 3.63) is 65.7 Å². The number of aryl methyl sites for hydroxylation is 1. The molecule has 1 aliphatic rings. The smallest absolute Gasteiger partial charge is 0.252 e. The second kappa shape index (κ2) is 13.5. The van der Waals surface area contributed by atoms with Gasteiger partial charge in [-0.25, -0.2) is 0 Å². The van der Waals surface area contributed by atoms with Crippen molar-refractivity contribution in [1.82, 2.24) is 4.90 Å². The number of hydrogen-bond donors (Lipinski definition) is 3. The molecule has 0 aromatic heterocycles. The lowest BCUT2D eigenvalue weighted by Gasteiger charge is -2.30. The minimum Gasteiger partial charge on any atom is -0.395 e. The molecule has 0 saturated carbocycles. The maximum atomic E-state index is 15.5. The predicted molar refractivity (Wildman–Crippen MR) is 149 cm³/mol. The zero-order valence-electron chi connectivity index (χ0n) is 22.8. The van der Waals surface area contributed by atoms with Crippen LogP contribution in [0.2, 0.25) is 18.6 Å². The Kier molecular flexibility index (Phi) is 10.6. The van der Waals surface area contributed by atoms with Gasteiger partial charge >= 0.3 is 0 Å². The van der Waals surface area contributed by atoms with Crippen LogP contribution in [0, 0.1) is 5.92 Å². The molecule has 3 rings (SSSR count). The molecule has 0 spiro atoms. The molecule has 1 heterocycles. The lowest BCUT2D eigenvalue weighted by Crippen LogP contribution is -2.40. The largest absolute Gasteiger partial charge is 0.395 e. The number of carbonyl (C=O) groups is 2. The number of rotatable bonds is 12. The average Bonchev–Trinajstić information content (AvgIpc) is 3.18. The molecular formula is C29H41FN2O5Si. The van der Waals surface area contributed by atoms with Gasteiger partial charge in [-0.2, -0.15) is 0 Å². The Balaban J connectivity index is 1.64. The van der Waals surface area contributed by atoms with Gasteiger partial charge in [0.15, 0.2) is 0 Å².